The molecule has 17 heavy (non-hydrogen) atoms. The monoisotopic (exact) mass is 244 g/mol. The highest BCUT2D eigenvalue weighted by Gasteiger charge is 2.34. The summed E-state index contributed by atoms with van der Waals surface area (Å²) in [7, 11) is -3.32. The minimum absolute atomic E-state index is 0.434. The molecule has 0 bridgehead atoms. The molecule has 1 aliphatic heterocycles. The van der Waals surface area contributed by atoms with Crippen LogP contribution >= 0.6 is 0 Å². The lowest BCUT2D eigenvalue weighted by Gasteiger charge is -2.06. The van der Waals surface area contributed by atoms with Gasteiger partial charge < -0.3 is 0 Å². The summed E-state index contributed by atoms with van der Waals surface area (Å²) in [6, 6.07) is 11.1. The van der Waals surface area contributed by atoms with Gasteiger partial charge in [0.1, 0.15) is 0 Å². The zero-order valence-electron chi connectivity index (χ0n) is 9.69. The van der Waals surface area contributed by atoms with Crippen molar-refractivity contribution in [1.29, 1.82) is 0 Å². The third-order valence-electron chi connectivity index (χ3n) is 3.41. The van der Waals surface area contributed by atoms with E-state index in [2.05, 4.69) is 0 Å². The van der Waals surface area contributed by atoms with E-state index in [9.17, 15) is 8.42 Å². The van der Waals surface area contributed by atoms with Crippen LogP contribution in [0.2, 0.25) is 0 Å². The fraction of sp³-hybridized carbons (Fsp3) is 0.143. The van der Waals surface area contributed by atoms with Crippen molar-refractivity contribution < 1.29 is 8.42 Å². The van der Waals surface area contributed by atoms with E-state index in [1.54, 1.807) is 12.1 Å². The maximum Gasteiger partial charge on any atom is 0.208 e. The molecule has 0 unspecified atom stereocenters. The second-order valence-corrected chi connectivity index (χ2v) is 6.24. The molecule has 0 radical (unpaired) electrons. The van der Waals surface area contributed by atoms with Gasteiger partial charge in [-0.05, 0) is 31.0 Å². The Morgan fingerprint density at radius 2 is 1.59 bits per heavy atom. The molecule has 0 amide bonds. The maximum atomic E-state index is 12.4. The van der Waals surface area contributed by atoms with E-state index in [1.807, 2.05) is 38.1 Å². The predicted molar refractivity (Wildman–Crippen MR) is 66.8 cm³/mol. The van der Waals surface area contributed by atoms with Crippen molar-refractivity contribution in [3.63, 3.8) is 0 Å². The van der Waals surface area contributed by atoms with Crippen LogP contribution in [-0.2, 0) is 9.84 Å². The van der Waals surface area contributed by atoms with E-state index in [-0.39, 0.29) is 0 Å². The van der Waals surface area contributed by atoms with Gasteiger partial charge >= 0.3 is 0 Å². The smallest absolute Gasteiger partial charge is 0.208 e. The Morgan fingerprint density at radius 3 is 2.35 bits per heavy atom. The summed E-state index contributed by atoms with van der Waals surface area (Å²) in [4.78, 5) is 0.919. The van der Waals surface area contributed by atoms with Crippen LogP contribution in [0.3, 0.4) is 0 Å². The second-order valence-electron chi connectivity index (χ2n) is 4.38. The van der Waals surface area contributed by atoms with E-state index < -0.39 is 9.84 Å². The van der Waals surface area contributed by atoms with E-state index in [0.717, 1.165) is 22.3 Å². The van der Waals surface area contributed by atoms with Crippen LogP contribution < -0.4 is 0 Å². The van der Waals surface area contributed by atoms with Crippen molar-refractivity contribution in [3.8, 4) is 11.1 Å². The highest BCUT2D eigenvalue weighted by Crippen LogP contribution is 2.44. The lowest BCUT2D eigenvalue weighted by molar-refractivity contribution is 0.598. The quantitative estimate of drug-likeness (QED) is 0.609. The predicted octanol–water partition coefficient (Wildman–Crippen LogP) is 3.12. The first-order valence-corrected chi connectivity index (χ1v) is 6.96. The summed E-state index contributed by atoms with van der Waals surface area (Å²) < 4.78 is 24.9. The maximum absolute atomic E-state index is 12.4. The molecule has 3 heteroatoms. The molecule has 0 saturated heterocycles. The molecular weight excluding hydrogens is 232 g/mol. The zero-order valence-corrected chi connectivity index (χ0v) is 10.5. The van der Waals surface area contributed by atoms with Crippen molar-refractivity contribution in [2.24, 2.45) is 0 Å². The average Bonchev–Trinajstić information content (AvgIpc) is 2.54. The molecule has 0 fully saturated rings. The summed E-state index contributed by atoms with van der Waals surface area (Å²) in [6.07, 6.45) is 0. The van der Waals surface area contributed by atoms with Gasteiger partial charge in [-0.15, -0.1) is 0 Å². The Hall–Kier alpha value is -1.61. The molecule has 2 aromatic rings. The second kappa shape index (κ2) is 3.20. The topological polar surface area (TPSA) is 34.1 Å². The number of rotatable bonds is 0. The highest BCUT2D eigenvalue weighted by atomic mass is 32.2. The normalized spacial score (nSPS) is 15.4. The van der Waals surface area contributed by atoms with Gasteiger partial charge in [-0.1, -0.05) is 30.3 Å². The number of aryl methyl sites for hydroxylation is 1. The Bertz CT molecular complexity index is 728. The first kappa shape index (κ1) is 10.5. The van der Waals surface area contributed by atoms with E-state index in [4.69, 9.17) is 0 Å². The van der Waals surface area contributed by atoms with Crippen LogP contribution in [0.15, 0.2) is 46.2 Å². The molecule has 2 aromatic carbocycles. The fourth-order valence-electron chi connectivity index (χ4n) is 2.38. The summed E-state index contributed by atoms with van der Waals surface area (Å²) in [5.41, 5.74) is 3.54. The Labute approximate surface area is 101 Å². The van der Waals surface area contributed by atoms with Gasteiger partial charge in [-0.2, -0.15) is 0 Å². The van der Waals surface area contributed by atoms with E-state index in [1.165, 1.54) is 0 Å². The molecule has 0 aromatic heterocycles. The first-order chi connectivity index (χ1) is 8.03. The van der Waals surface area contributed by atoms with Crippen molar-refractivity contribution in [2.75, 3.05) is 0 Å². The standard InChI is InChI=1S/C14H12O2S/c1-9-7-8-12-11-5-3-4-6-13(11)17(15,16)14(12)10(9)2/h3-8H,1-2H3. The number of sulfone groups is 1. The number of benzene rings is 2. The van der Waals surface area contributed by atoms with Crippen molar-refractivity contribution in [2.45, 2.75) is 23.6 Å². The molecule has 0 saturated carbocycles. The van der Waals surface area contributed by atoms with Gasteiger partial charge in [0, 0.05) is 11.1 Å². The molecule has 1 aliphatic rings. The SMILES string of the molecule is Cc1ccc2c(c1C)S(=O)(=O)c1ccccc1-2. The van der Waals surface area contributed by atoms with E-state index >= 15 is 0 Å². The average molecular weight is 244 g/mol. The Kier molecular flexibility index (Phi) is 1.98. The van der Waals surface area contributed by atoms with Gasteiger partial charge in [-0.25, -0.2) is 8.42 Å². The number of fused-ring (bicyclic) bond motifs is 3. The van der Waals surface area contributed by atoms with Gasteiger partial charge in [-0.3, -0.25) is 0 Å². The number of hydrogen-bond donors (Lipinski definition) is 0. The summed E-state index contributed by atoms with van der Waals surface area (Å²) in [6.45, 7) is 3.81. The van der Waals surface area contributed by atoms with Gasteiger partial charge in [0.2, 0.25) is 9.84 Å². The fourth-order valence-corrected chi connectivity index (χ4v) is 4.36. The molecule has 0 N–H and O–H groups in total. The van der Waals surface area contributed by atoms with Crippen LogP contribution in [0, 0.1) is 13.8 Å². The molecule has 1 heterocycles. The van der Waals surface area contributed by atoms with Gasteiger partial charge in [0.25, 0.3) is 0 Å². The molecular formula is C14H12O2S. The van der Waals surface area contributed by atoms with E-state index in [0.29, 0.717) is 9.79 Å². The van der Waals surface area contributed by atoms with Crippen LogP contribution in [0.1, 0.15) is 11.1 Å². The van der Waals surface area contributed by atoms with Crippen molar-refractivity contribution in [3.05, 3.63) is 47.5 Å². The van der Waals surface area contributed by atoms with Crippen molar-refractivity contribution in [1.82, 2.24) is 0 Å². The Morgan fingerprint density at radius 1 is 0.882 bits per heavy atom. The van der Waals surface area contributed by atoms with Crippen LogP contribution in [0.4, 0.5) is 0 Å². The lowest BCUT2D eigenvalue weighted by Crippen LogP contribution is -2.00. The molecule has 86 valence electrons. The van der Waals surface area contributed by atoms with Crippen LogP contribution in [-0.4, -0.2) is 8.42 Å². The molecule has 3 rings (SSSR count). The molecule has 0 aliphatic carbocycles. The Balaban J connectivity index is 2.53. The van der Waals surface area contributed by atoms with Gasteiger partial charge in [0.05, 0.1) is 9.79 Å². The summed E-state index contributed by atoms with van der Waals surface area (Å²) in [5.74, 6) is 0. The summed E-state index contributed by atoms with van der Waals surface area (Å²) >= 11 is 0. The van der Waals surface area contributed by atoms with Crippen LogP contribution in [0.25, 0.3) is 11.1 Å². The third kappa shape index (κ3) is 1.23. The third-order valence-corrected chi connectivity index (χ3v) is 5.41. The highest BCUT2D eigenvalue weighted by molar-refractivity contribution is 7.92. The molecule has 0 atom stereocenters. The minimum atomic E-state index is -3.32. The lowest BCUT2D eigenvalue weighted by atomic mass is 10.0. The summed E-state index contributed by atoms with van der Waals surface area (Å²) in [5, 5.41) is 0. The zero-order chi connectivity index (χ0) is 12.2. The van der Waals surface area contributed by atoms with Gasteiger partial charge in [0.15, 0.2) is 0 Å². The largest absolute Gasteiger partial charge is 0.218 e. The molecule has 0 spiro atoms. The van der Waals surface area contributed by atoms with Crippen molar-refractivity contribution >= 4 is 9.84 Å². The van der Waals surface area contributed by atoms with Crippen LogP contribution in [0.5, 0.6) is 0 Å². The molecule has 2 nitrogen and oxygen atoms in total. The minimum Gasteiger partial charge on any atom is -0.218 e. The first-order valence-electron chi connectivity index (χ1n) is 5.48. The number of hydrogen-bond acceptors (Lipinski definition) is 2.